The van der Waals surface area contributed by atoms with Crippen LogP contribution in [0.4, 0.5) is 0 Å². The van der Waals surface area contributed by atoms with Crippen molar-refractivity contribution < 1.29 is 14.3 Å². The first kappa shape index (κ1) is 20.0. The first-order chi connectivity index (χ1) is 14.7. The van der Waals surface area contributed by atoms with Gasteiger partial charge in [0.1, 0.15) is 18.1 Å². The van der Waals surface area contributed by atoms with Crippen molar-refractivity contribution >= 4 is 5.91 Å². The number of rotatable bonds is 7. The number of hydrogen-bond donors (Lipinski definition) is 1. The second kappa shape index (κ2) is 9.44. The molecule has 1 aliphatic rings. The molecule has 4 rings (SSSR count). The predicted molar refractivity (Wildman–Crippen MR) is 117 cm³/mol. The number of hydrogen-bond acceptors (Lipinski definition) is 4. The summed E-state index contributed by atoms with van der Waals surface area (Å²) in [6.45, 7) is 3.28. The summed E-state index contributed by atoms with van der Waals surface area (Å²) in [6.07, 6.45) is 6.40. The molecule has 5 nitrogen and oxygen atoms in total. The van der Waals surface area contributed by atoms with Gasteiger partial charge in [0.25, 0.3) is 5.91 Å². The van der Waals surface area contributed by atoms with Crippen LogP contribution in [0, 0.1) is 0 Å². The van der Waals surface area contributed by atoms with E-state index in [1.165, 1.54) is 0 Å². The summed E-state index contributed by atoms with van der Waals surface area (Å²) >= 11 is 0. The highest BCUT2D eigenvalue weighted by Crippen LogP contribution is 2.34. The SMILES string of the molecule is CCCCOc1ccc(C(=O)N[C@@H]2COc3cccc(-c4ccncc4)c3C2)cc1. The van der Waals surface area contributed by atoms with Crippen LogP contribution in [0.2, 0.25) is 0 Å². The Hall–Kier alpha value is -3.34. The maximum Gasteiger partial charge on any atom is 0.251 e. The van der Waals surface area contributed by atoms with Crippen LogP contribution in [0.1, 0.15) is 35.7 Å². The average molecular weight is 402 g/mol. The largest absolute Gasteiger partial charge is 0.494 e. The molecule has 0 saturated heterocycles. The first-order valence-corrected chi connectivity index (χ1v) is 10.4. The van der Waals surface area contributed by atoms with E-state index in [1.54, 1.807) is 24.5 Å². The second-order valence-corrected chi connectivity index (χ2v) is 7.43. The van der Waals surface area contributed by atoms with Gasteiger partial charge in [-0.2, -0.15) is 0 Å². The topological polar surface area (TPSA) is 60.5 Å². The minimum absolute atomic E-state index is 0.0894. The molecule has 1 amide bonds. The van der Waals surface area contributed by atoms with E-state index >= 15 is 0 Å². The molecule has 0 radical (unpaired) electrons. The third-order valence-corrected chi connectivity index (χ3v) is 5.23. The summed E-state index contributed by atoms with van der Waals surface area (Å²) in [5.41, 5.74) is 3.93. The van der Waals surface area contributed by atoms with Crippen molar-refractivity contribution in [3.63, 3.8) is 0 Å². The number of benzene rings is 2. The molecule has 1 N–H and O–H groups in total. The molecule has 0 saturated carbocycles. The second-order valence-electron chi connectivity index (χ2n) is 7.43. The molecule has 154 valence electrons. The van der Waals surface area contributed by atoms with Crippen LogP contribution in [0.3, 0.4) is 0 Å². The highest BCUT2D eigenvalue weighted by molar-refractivity contribution is 5.94. The fourth-order valence-corrected chi connectivity index (χ4v) is 3.61. The monoisotopic (exact) mass is 402 g/mol. The van der Waals surface area contributed by atoms with Gasteiger partial charge in [0.15, 0.2) is 0 Å². The molecular formula is C25H26N2O3. The average Bonchev–Trinajstić information content (AvgIpc) is 2.80. The van der Waals surface area contributed by atoms with Gasteiger partial charge in [0.2, 0.25) is 0 Å². The lowest BCUT2D eigenvalue weighted by Gasteiger charge is -2.28. The Labute approximate surface area is 177 Å². The Bertz CT molecular complexity index is 987. The number of carbonyl (C=O) groups is 1. The Kier molecular flexibility index (Phi) is 6.28. The Balaban J connectivity index is 1.43. The molecule has 0 unspecified atom stereocenters. The molecule has 5 heteroatoms. The van der Waals surface area contributed by atoms with Crippen LogP contribution in [0.25, 0.3) is 11.1 Å². The summed E-state index contributed by atoms with van der Waals surface area (Å²) in [7, 11) is 0. The van der Waals surface area contributed by atoms with Gasteiger partial charge in [-0.15, -0.1) is 0 Å². The minimum Gasteiger partial charge on any atom is -0.494 e. The van der Waals surface area contributed by atoms with Crippen LogP contribution >= 0.6 is 0 Å². The van der Waals surface area contributed by atoms with E-state index in [-0.39, 0.29) is 11.9 Å². The molecule has 2 heterocycles. The van der Waals surface area contributed by atoms with Crippen LogP contribution in [-0.4, -0.2) is 30.1 Å². The summed E-state index contributed by atoms with van der Waals surface area (Å²) in [6, 6.07) is 17.2. The summed E-state index contributed by atoms with van der Waals surface area (Å²) < 4.78 is 11.6. The zero-order valence-corrected chi connectivity index (χ0v) is 17.1. The third-order valence-electron chi connectivity index (χ3n) is 5.23. The highest BCUT2D eigenvalue weighted by Gasteiger charge is 2.24. The molecule has 2 aromatic carbocycles. The van der Waals surface area contributed by atoms with Crippen molar-refractivity contribution in [2.24, 2.45) is 0 Å². The first-order valence-electron chi connectivity index (χ1n) is 10.4. The van der Waals surface area contributed by atoms with Crippen molar-refractivity contribution in [2.75, 3.05) is 13.2 Å². The maximum atomic E-state index is 12.7. The quantitative estimate of drug-likeness (QED) is 0.584. The van der Waals surface area contributed by atoms with E-state index < -0.39 is 0 Å². The van der Waals surface area contributed by atoms with Gasteiger partial charge >= 0.3 is 0 Å². The van der Waals surface area contributed by atoms with Gasteiger partial charge < -0.3 is 14.8 Å². The minimum atomic E-state index is -0.103. The number of unbranched alkanes of at least 4 members (excludes halogenated alkanes) is 1. The lowest BCUT2D eigenvalue weighted by Crippen LogP contribution is -2.42. The van der Waals surface area contributed by atoms with Crippen molar-refractivity contribution in [1.29, 1.82) is 0 Å². The van der Waals surface area contributed by atoms with E-state index in [4.69, 9.17) is 9.47 Å². The molecule has 0 aliphatic carbocycles. The van der Waals surface area contributed by atoms with Crippen LogP contribution in [0.5, 0.6) is 11.5 Å². The Morgan fingerprint density at radius 2 is 1.93 bits per heavy atom. The van der Waals surface area contributed by atoms with Gasteiger partial charge in [-0.3, -0.25) is 9.78 Å². The number of fused-ring (bicyclic) bond motifs is 1. The van der Waals surface area contributed by atoms with Crippen LogP contribution in [-0.2, 0) is 6.42 Å². The maximum absolute atomic E-state index is 12.7. The van der Waals surface area contributed by atoms with E-state index in [9.17, 15) is 4.79 Å². The molecule has 1 aromatic heterocycles. The number of carbonyl (C=O) groups excluding carboxylic acids is 1. The van der Waals surface area contributed by atoms with Gasteiger partial charge in [-0.25, -0.2) is 0 Å². The molecule has 1 aliphatic heterocycles. The van der Waals surface area contributed by atoms with E-state index in [1.807, 2.05) is 36.4 Å². The van der Waals surface area contributed by atoms with Crippen molar-refractivity contribution in [1.82, 2.24) is 10.3 Å². The molecule has 3 aromatic rings. The molecular weight excluding hydrogens is 376 g/mol. The van der Waals surface area contributed by atoms with Crippen LogP contribution in [0.15, 0.2) is 67.0 Å². The van der Waals surface area contributed by atoms with E-state index in [0.29, 0.717) is 18.8 Å². The smallest absolute Gasteiger partial charge is 0.251 e. The number of amides is 1. The number of aromatic nitrogens is 1. The molecule has 0 spiro atoms. The zero-order valence-electron chi connectivity index (χ0n) is 17.1. The van der Waals surface area contributed by atoms with Gasteiger partial charge in [-0.05, 0) is 60.0 Å². The standard InChI is InChI=1S/C25H26N2O3/c1-2-3-15-29-21-9-7-19(8-10-21)25(28)27-20-16-23-22(18-11-13-26-14-12-18)5-4-6-24(23)30-17-20/h4-14,20H,2-3,15-17H2,1H3,(H,27,28)/t20-/m0/s1. The normalized spacial score (nSPS) is 15.0. The number of pyridine rings is 1. The highest BCUT2D eigenvalue weighted by atomic mass is 16.5. The van der Waals surface area contributed by atoms with E-state index in [0.717, 1.165) is 47.5 Å². The summed E-state index contributed by atoms with van der Waals surface area (Å²) in [5.74, 6) is 1.56. The Morgan fingerprint density at radius 1 is 1.13 bits per heavy atom. The van der Waals surface area contributed by atoms with E-state index in [2.05, 4.69) is 23.3 Å². The van der Waals surface area contributed by atoms with Gasteiger partial charge in [-0.1, -0.05) is 25.5 Å². The zero-order chi connectivity index (χ0) is 20.8. The lowest BCUT2D eigenvalue weighted by atomic mass is 9.93. The number of nitrogens with one attached hydrogen (secondary N) is 1. The summed E-state index contributed by atoms with van der Waals surface area (Å²) in [5, 5.41) is 3.11. The fraction of sp³-hybridized carbons (Fsp3) is 0.280. The molecule has 0 fully saturated rings. The van der Waals surface area contributed by atoms with Crippen molar-refractivity contribution in [2.45, 2.75) is 32.2 Å². The lowest BCUT2D eigenvalue weighted by molar-refractivity contribution is 0.0915. The molecule has 30 heavy (non-hydrogen) atoms. The van der Waals surface area contributed by atoms with Crippen molar-refractivity contribution in [3.8, 4) is 22.6 Å². The summed E-state index contributed by atoms with van der Waals surface area (Å²) in [4.78, 5) is 16.8. The predicted octanol–water partition coefficient (Wildman–Crippen LogP) is 4.66. The number of nitrogens with zero attached hydrogens (tertiary/aromatic N) is 1. The molecule has 0 bridgehead atoms. The van der Waals surface area contributed by atoms with Gasteiger partial charge in [0.05, 0.1) is 12.6 Å². The van der Waals surface area contributed by atoms with Crippen LogP contribution < -0.4 is 14.8 Å². The van der Waals surface area contributed by atoms with Crippen molar-refractivity contribution in [3.05, 3.63) is 78.1 Å². The fourth-order valence-electron chi connectivity index (χ4n) is 3.61. The Morgan fingerprint density at radius 3 is 2.70 bits per heavy atom. The molecule has 1 atom stereocenters. The third kappa shape index (κ3) is 4.62. The van der Waals surface area contributed by atoms with Gasteiger partial charge in [0, 0.05) is 29.9 Å². The number of ether oxygens (including phenoxy) is 2.